The number of hydrogen-bond donors (Lipinski definition) is 2. The number of ether oxygens (including phenoxy) is 1. The summed E-state index contributed by atoms with van der Waals surface area (Å²) in [5.41, 5.74) is 5.54. The quantitative estimate of drug-likeness (QED) is 0.893. The number of carbonyl (C=O) groups excluding carboxylic acids is 1. The molecule has 0 aliphatic carbocycles. The summed E-state index contributed by atoms with van der Waals surface area (Å²) in [6.07, 6.45) is -4.76. The Kier molecular flexibility index (Phi) is 6.64. The largest absolute Gasteiger partial charge is 0.573 e. The van der Waals surface area contributed by atoms with E-state index in [1.165, 1.54) is 25.1 Å². The van der Waals surface area contributed by atoms with Crippen molar-refractivity contribution in [3.8, 4) is 5.75 Å². The number of alkyl halides is 3. The SMILES string of the molecule is C[C@H](N)C(=O)NCc1ccccc1OC(F)(F)F.Cl. The zero-order valence-corrected chi connectivity index (χ0v) is 10.8. The molecule has 1 aromatic carbocycles. The minimum atomic E-state index is -4.76. The van der Waals surface area contributed by atoms with Gasteiger partial charge < -0.3 is 15.8 Å². The van der Waals surface area contributed by atoms with Gasteiger partial charge in [-0.05, 0) is 13.0 Å². The molecule has 1 rings (SSSR count). The second-order valence-corrected chi connectivity index (χ2v) is 3.66. The Labute approximate surface area is 114 Å². The lowest BCUT2D eigenvalue weighted by Crippen LogP contribution is -2.37. The lowest BCUT2D eigenvalue weighted by atomic mass is 10.2. The van der Waals surface area contributed by atoms with Crippen molar-refractivity contribution in [2.24, 2.45) is 5.73 Å². The lowest BCUT2D eigenvalue weighted by molar-refractivity contribution is -0.274. The van der Waals surface area contributed by atoms with Gasteiger partial charge in [-0.3, -0.25) is 4.79 Å². The van der Waals surface area contributed by atoms with E-state index in [0.29, 0.717) is 0 Å². The molecule has 4 nitrogen and oxygen atoms in total. The van der Waals surface area contributed by atoms with Crippen LogP contribution in [0.5, 0.6) is 5.75 Å². The first-order valence-corrected chi connectivity index (χ1v) is 5.16. The van der Waals surface area contributed by atoms with Gasteiger partial charge in [-0.2, -0.15) is 0 Å². The molecule has 0 aliphatic rings. The molecule has 0 spiro atoms. The fraction of sp³-hybridized carbons (Fsp3) is 0.364. The number of nitrogens with two attached hydrogens (primary N) is 1. The number of rotatable bonds is 4. The van der Waals surface area contributed by atoms with Crippen molar-refractivity contribution in [3.05, 3.63) is 29.8 Å². The van der Waals surface area contributed by atoms with Gasteiger partial charge in [-0.1, -0.05) is 18.2 Å². The van der Waals surface area contributed by atoms with Crippen molar-refractivity contribution >= 4 is 18.3 Å². The Morgan fingerprint density at radius 2 is 2.00 bits per heavy atom. The van der Waals surface area contributed by atoms with Crippen LogP contribution >= 0.6 is 12.4 Å². The van der Waals surface area contributed by atoms with Crippen molar-refractivity contribution in [2.45, 2.75) is 25.9 Å². The van der Waals surface area contributed by atoms with Crippen molar-refractivity contribution in [1.29, 1.82) is 0 Å². The van der Waals surface area contributed by atoms with E-state index in [4.69, 9.17) is 5.73 Å². The molecule has 8 heteroatoms. The van der Waals surface area contributed by atoms with E-state index in [-0.39, 0.29) is 30.3 Å². The number of hydrogen-bond acceptors (Lipinski definition) is 3. The molecule has 1 amide bonds. The van der Waals surface area contributed by atoms with Crippen LogP contribution in [0.4, 0.5) is 13.2 Å². The zero-order chi connectivity index (χ0) is 13.8. The molecule has 1 atom stereocenters. The van der Waals surface area contributed by atoms with Gasteiger partial charge in [-0.15, -0.1) is 25.6 Å². The smallest absolute Gasteiger partial charge is 0.405 e. The fourth-order valence-electron chi connectivity index (χ4n) is 1.22. The Morgan fingerprint density at radius 1 is 1.42 bits per heavy atom. The highest BCUT2D eigenvalue weighted by atomic mass is 35.5. The van der Waals surface area contributed by atoms with Crippen LogP contribution in [-0.4, -0.2) is 18.3 Å². The van der Waals surface area contributed by atoms with Crippen LogP contribution in [0, 0.1) is 0 Å². The van der Waals surface area contributed by atoms with Gasteiger partial charge >= 0.3 is 6.36 Å². The predicted molar refractivity (Wildman–Crippen MR) is 65.9 cm³/mol. The molecule has 19 heavy (non-hydrogen) atoms. The summed E-state index contributed by atoms with van der Waals surface area (Å²) in [5.74, 6) is -0.785. The number of nitrogens with one attached hydrogen (secondary N) is 1. The average molecular weight is 299 g/mol. The van der Waals surface area contributed by atoms with Crippen LogP contribution < -0.4 is 15.8 Å². The second kappa shape index (κ2) is 7.20. The van der Waals surface area contributed by atoms with Gasteiger partial charge in [0.1, 0.15) is 5.75 Å². The van der Waals surface area contributed by atoms with Crippen LogP contribution in [0.3, 0.4) is 0 Å². The number of halogens is 4. The number of benzene rings is 1. The van der Waals surface area contributed by atoms with E-state index in [1.54, 1.807) is 6.07 Å². The molecule has 0 bridgehead atoms. The Bertz CT molecular complexity index is 425. The van der Waals surface area contributed by atoms with E-state index in [2.05, 4.69) is 10.1 Å². The minimum absolute atomic E-state index is 0. The number of amides is 1. The van der Waals surface area contributed by atoms with Crippen molar-refractivity contribution in [3.63, 3.8) is 0 Å². The number of carbonyl (C=O) groups is 1. The van der Waals surface area contributed by atoms with Gasteiger partial charge in [0.2, 0.25) is 5.91 Å². The summed E-state index contributed by atoms with van der Waals surface area (Å²) in [6, 6.07) is 4.86. The van der Waals surface area contributed by atoms with E-state index in [1.807, 2.05) is 0 Å². The molecular weight excluding hydrogens is 285 g/mol. The van der Waals surface area contributed by atoms with E-state index in [9.17, 15) is 18.0 Å². The first-order chi connectivity index (χ1) is 8.29. The summed E-state index contributed by atoms with van der Waals surface area (Å²) in [5, 5.41) is 2.41. The summed E-state index contributed by atoms with van der Waals surface area (Å²) >= 11 is 0. The van der Waals surface area contributed by atoms with E-state index in [0.717, 1.165) is 0 Å². The molecule has 108 valence electrons. The maximum absolute atomic E-state index is 12.1. The number of para-hydroxylation sites is 1. The normalized spacial score (nSPS) is 12.3. The highest BCUT2D eigenvalue weighted by molar-refractivity contribution is 5.85. The molecule has 0 aliphatic heterocycles. The first kappa shape index (κ1) is 17.5. The molecule has 1 aromatic rings. The fourth-order valence-corrected chi connectivity index (χ4v) is 1.22. The molecule has 0 saturated heterocycles. The molecule has 0 aromatic heterocycles. The van der Waals surface area contributed by atoms with Gasteiger partial charge in [-0.25, -0.2) is 0 Å². The lowest BCUT2D eigenvalue weighted by Gasteiger charge is -2.14. The third-order valence-electron chi connectivity index (χ3n) is 2.06. The summed E-state index contributed by atoms with van der Waals surface area (Å²) < 4.78 is 40.2. The topological polar surface area (TPSA) is 64.4 Å². The average Bonchev–Trinajstić information content (AvgIpc) is 2.25. The van der Waals surface area contributed by atoms with Crippen LogP contribution in [-0.2, 0) is 11.3 Å². The first-order valence-electron chi connectivity index (χ1n) is 5.16. The molecular formula is C11H14ClF3N2O2. The highest BCUT2D eigenvalue weighted by Gasteiger charge is 2.31. The van der Waals surface area contributed by atoms with E-state index >= 15 is 0 Å². The Morgan fingerprint density at radius 3 is 2.53 bits per heavy atom. The third-order valence-corrected chi connectivity index (χ3v) is 2.06. The van der Waals surface area contributed by atoms with Crippen molar-refractivity contribution in [2.75, 3.05) is 0 Å². The second-order valence-electron chi connectivity index (χ2n) is 3.66. The van der Waals surface area contributed by atoms with Gasteiger partial charge in [0.25, 0.3) is 0 Å². The zero-order valence-electron chi connectivity index (χ0n) is 10.0. The monoisotopic (exact) mass is 298 g/mol. The molecule has 0 heterocycles. The predicted octanol–water partition coefficient (Wildman–Crippen LogP) is 1.97. The van der Waals surface area contributed by atoms with Crippen molar-refractivity contribution in [1.82, 2.24) is 5.32 Å². The van der Waals surface area contributed by atoms with Crippen LogP contribution in [0.15, 0.2) is 24.3 Å². The Hall–Kier alpha value is -1.47. The summed E-state index contributed by atoms with van der Waals surface area (Å²) in [7, 11) is 0. The van der Waals surface area contributed by atoms with Gasteiger partial charge in [0.15, 0.2) is 0 Å². The maximum atomic E-state index is 12.1. The summed E-state index contributed by atoms with van der Waals surface area (Å²) in [6.45, 7) is 1.40. The molecule has 0 fully saturated rings. The molecule has 3 N–H and O–H groups in total. The van der Waals surface area contributed by atoms with Crippen LogP contribution in [0.25, 0.3) is 0 Å². The van der Waals surface area contributed by atoms with Crippen molar-refractivity contribution < 1.29 is 22.7 Å². The summed E-state index contributed by atoms with van der Waals surface area (Å²) in [4.78, 5) is 11.2. The minimum Gasteiger partial charge on any atom is -0.405 e. The van der Waals surface area contributed by atoms with Crippen LogP contribution in [0.1, 0.15) is 12.5 Å². The highest BCUT2D eigenvalue weighted by Crippen LogP contribution is 2.25. The third kappa shape index (κ3) is 6.30. The standard InChI is InChI=1S/C11H13F3N2O2.ClH/c1-7(15)10(17)16-6-8-4-2-3-5-9(8)18-11(12,13)14;/h2-5,7H,6,15H2,1H3,(H,16,17);1H/t7-;/m0./s1. The molecule has 0 radical (unpaired) electrons. The maximum Gasteiger partial charge on any atom is 0.573 e. The van der Waals surface area contributed by atoms with Crippen LogP contribution in [0.2, 0.25) is 0 Å². The van der Waals surface area contributed by atoms with Gasteiger partial charge in [0.05, 0.1) is 6.04 Å². The molecule has 0 unspecified atom stereocenters. The Balaban J connectivity index is 0.00000324. The molecule has 0 saturated carbocycles. The van der Waals surface area contributed by atoms with E-state index < -0.39 is 18.3 Å². The van der Waals surface area contributed by atoms with Gasteiger partial charge in [0, 0.05) is 12.1 Å².